The van der Waals surface area contributed by atoms with Crippen molar-refractivity contribution in [1.82, 2.24) is 0 Å². The summed E-state index contributed by atoms with van der Waals surface area (Å²) < 4.78 is 40.6. The third-order valence-electron chi connectivity index (χ3n) is 5.81. The first-order valence-corrected chi connectivity index (χ1v) is 12.1. The normalized spacial score (nSPS) is 20.5. The molecule has 4 rings (SSSR count). The fourth-order valence-corrected chi connectivity index (χ4v) is 5.29. The maximum Gasteiger partial charge on any atom is 0.262 e. The number of aliphatic hydroxyl groups is 2. The van der Waals surface area contributed by atoms with Gasteiger partial charge in [-0.05, 0) is 49.3 Å². The maximum absolute atomic E-state index is 13.4. The molecule has 0 spiro atoms. The Bertz CT molecular complexity index is 1170. The highest BCUT2D eigenvalue weighted by Gasteiger charge is 2.35. The van der Waals surface area contributed by atoms with Gasteiger partial charge in [0, 0.05) is 18.7 Å². The number of sulfonamides is 1. The molecule has 0 heterocycles. The fourth-order valence-electron chi connectivity index (χ4n) is 3.70. The Labute approximate surface area is 191 Å². The number of aliphatic hydroxyl groups excluding tert-OH is 1. The zero-order valence-corrected chi connectivity index (χ0v) is 18.9. The summed E-state index contributed by atoms with van der Waals surface area (Å²) in [7, 11) is -2.56. The topological polar surface area (TPSA) is 129 Å². The van der Waals surface area contributed by atoms with Gasteiger partial charge in [-0.1, -0.05) is 23.7 Å². The van der Waals surface area contributed by atoms with Gasteiger partial charge in [0.1, 0.15) is 17.9 Å². The van der Waals surface area contributed by atoms with Gasteiger partial charge < -0.3 is 19.7 Å². The van der Waals surface area contributed by atoms with E-state index >= 15 is 0 Å². The standard InChI is InChI=1S/C22H23ClN2O6S/c1-30-18-6-7-19(18)31-20-10-16(23)14(11-24)8-17(20)25-32(28,29)21-9-13(22(26)27)4-5-15(21)12-2-3-12/h4-5,8-10,12,18-19,22,25-27H,2-3,6-7H2,1H3. The van der Waals surface area contributed by atoms with Crippen molar-refractivity contribution in [1.29, 1.82) is 5.26 Å². The lowest BCUT2D eigenvalue weighted by Crippen LogP contribution is -2.42. The molecule has 0 saturated heterocycles. The minimum atomic E-state index is -4.14. The molecule has 2 unspecified atom stereocenters. The Morgan fingerprint density at radius 1 is 1.16 bits per heavy atom. The van der Waals surface area contributed by atoms with Crippen LogP contribution in [0.15, 0.2) is 35.2 Å². The number of nitrogens with one attached hydrogen (secondary N) is 1. The third-order valence-corrected chi connectivity index (χ3v) is 7.54. The number of anilines is 1. The molecular weight excluding hydrogens is 456 g/mol. The second-order valence-electron chi connectivity index (χ2n) is 8.00. The summed E-state index contributed by atoms with van der Waals surface area (Å²) in [4.78, 5) is -0.0385. The lowest BCUT2D eigenvalue weighted by Gasteiger charge is -2.35. The smallest absolute Gasteiger partial charge is 0.262 e. The maximum atomic E-state index is 13.4. The number of rotatable bonds is 8. The van der Waals surface area contributed by atoms with Gasteiger partial charge in [0.25, 0.3) is 10.0 Å². The summed E-state index contributed by atoms with van der Waals surface area (Å²) in [5, 5.41) is 28.6. The van der Waals surface area contributed by atoms with E-state index in [9.17, 15) is 23.9 Å². The highest BCUT2D eigenvalue weighted by molar-refractivity contribution is 7.92. The summed E-state index contributed by atoms with van der Waals surface area (Å²) in [6, 6.07) is 9.06. The molecule has 2 aromatic carbocycles. The molecule has 0 bridgehead atoms. The summed E-state index contributed by atoms with van der Waals surface area (Å²) in [5.74, 6) is 0.287. The first-order chi connectivity index (χ1) is 15.2. The molecule has 10 heteroatoms. The summed E-state index contributed by atoms with van der Waals surface area (Å²) in [6.45, 7) is 0. The molecule has 0 radical (unpaired) electrons. The van der Waals surface area contributed by atoms with E-state index in [1.54, 1.807) is 13.2 Å². The molecule has 0 amide bonds. The van der Waals surface area contributed by atoms with Crippen LogP contribution in [0.5, 0.6) is 5.75 Å². The number of nitrogens with zero attached hydrogens (tertiary/aromatic N) is 1. The van der Waals surface area contributed by atoms with Crippen LogP contribution in [0.3, 0.4) is 0 Å². The first-order valence-electron chi connectivity index (χ1n) is 10.2. The lowest BCUT2D eigenvalue weighted by atomic mass is 9.92. The van der Waals surface area contributed by atoms with E-state index in [1.165, 1.54) is 24.3 Å². The predicted octanol–water partition coefficient (Wildman–Crippen LogP) is 3.43. The number of hydrogen-bond donors (Lipinski definition) is 3. The monoisotopic (exact) mass is 478 g/mol. The number of nitriles is 1. The van der Waals surface area contributed by atoms with E-state index in [-0.39, 0.29) is 50.6 Å². The van der Waals surface area contributed by atoms with Crippen molar-refractivity contribution >= 4 is 27.3 Å². The van der Waals surface area contributed by atoms with Crippen LogP contribution in [0.25, 0.3) is 0 Å². The molecule has 0 aliphatic heterocycles. The van der Waals surface area contributed by atoms with Crippen LogP contribution < -0.4 is 9.46 Å². The molecule has 170 valence electrons. The van der Waals surface area contributed by atoms with Crippen LogP contribution in [0.4, 0.5) is 5.69 Å². The molecule has 0 aromatic heterocycles. The van der Waals surface area contributed by atoms with Crippen LogP contribution in [0.2, 0.25) is 5.02 Å². The number of hydrogen-bond acceptors (Lipinski definition) is 7. The van der Waals surface area contributed by atoms with Crippen molar-refractivity contribution in [2.24, 2.45) is 0 Å². The van der Waals surface area contributed by atoms with Crippen molar-refractivity contribution in [3.8, 4) is 11.8 Å². The second kappa shape index (κ2) is 8.89. The Balaban J connectivity index is 1.73. The first kappa shape index (κ1) is 22.8. The Kier molecular flexibility index (Phi) is 6.34. The van der Waals surface area contributed by atoms with E-state index in [1.807, 2.05) is 6.07 Å². The predicted molar refractivity (Wildman–Crippen MR) is 117 cm³/mol. The van der Waals surface area contributed by atoms with Crippen LogP contribution >= 0.6 is 11.6 Å². The van der Waals surface area contributed by atoms with Gasteiger partial charge in [-0.2, -0.15) is 5.26 Å². The molecule has 2 saturated carbocycles. The molecule has 3 N–H and O–H groups in total. The van der Waals surface area contributed by atoms with Gasteiger partial charge in [-0.15, -0.1) is 0 Å². The summed E-state index contributed by atoms with van der Waals surface area (Å²) >= 11 is 6.17. The molecule has 2 aromatic rings. The average molecular weight is 479 g/mol. The van der Waals surface area contributed by atoms with E-state index in [0.29, 0.717) is 5.56 Å². The SMILES string of the molecule is COC1CCC1Oc1cc(Cl)c(C#N)cc1NS(=O)(=O)c1cc(C(O)O)ccc1C1CC1. The van der Waals surface area contributed by atoms with Gasteiger partial charge in [0.05, 0.1) is 27.3 Å². The van der Waals surface area contributed by atoms with Crippen LogP contribution in [0, 0.1) is 11.3 Å². The average Bonchev–Trinajstić information content (AvgIpc) is 3.57. The highest BCUT2D eigenvalue weighted by Crippen LogP contribution is 2.44. The summed E-state index contributed by atoms with van der Waals surface area (Å²) in [5.41, 5.74) is 0.842. The van der Waals surface area contributed by atoms with Gasteiger partial charge in [-0.3, -0.25) is 4.72 Å². The molecular formula is C22H23ClN2O6S. The van der Waals surface area contributed by atoms with Gasteiger partial charge in [0.15, 0.2) is 6.29 Å². The molecule has 2 fully saturated rings. The molecule has 2 aliphatic carbocycles. The summed E-state index contributed by atoms with van der Waals surface area (Å²) in [6.07, 6.45) is 1.11. The van der Waals surface area contributed by atoms with E-state index in [4.69, 9.17) is 21.1 Å². The fraction of sp³-hybridized carbons (Fsp3) is 0.409. The third kappa shape index (κ3) is 4.56. The van der Waals surface area contributed by atoms with Crippen LogP contribution in [-0.2, 0) is 14.8 Å². The quantitative estimate of drug-likeness (QED) is 0.495. The van der Waals surface area contributed by atoms with E-state index < -0.39 is 16.3 Å². The van der Waals surface area contributed by atoms with Crippen molar-refractivity contribution in [2.45, 2.75) is 55.0 Å². The Morgan fingerprint density at radius 2 is 1.88 bits per heavy atom. The Hall–Kier alpha value is -2.35. The van der Waals surface area contributed by atoms with Crippen molar-refractivity contribution < 1.29 is 28.1 Å². The van der Waals surface area contributed by atoms with E-state index in [0.717, 1.165) is 25.7 Å². The van der Waals surface area contributed by atoms with Gasteiger partial charge in [-0.25, -0.2) is 8.42 Å². The van der Waals surface area contributed by atoms with Crippen LogP contribution in [-0.4, -0.2) is 37.9 Å². The number of halogens is 1. The Morgan fingerprint density at radius 3 is 2.44 bits per heavy atom. The zero-order chi connectivity index (χ0) is 23.0. The largest absolute Gasteiger partial charge is 0.485 e. The van der Waals surface area contributed by atoms with Crippen molar-refractivity contribution in [3.05, 3.63) is 52.0 Å². The minimum absolute atomic E-state index is 0.0385. The minimum Gasteiger partial charge on any atom is -0.485 e. The molecule has 32 heavy (non-hydrogen) atoms. The van der Waals surface area contributed by atoms with Crippen molar-refractivity contribution in [2.75, 3.05) is 11.8 Å². The highest BCUT2D eigenvalue weighted by atomic mass is 35.5. The second-order valence-corrected chi connectivity index (χ2v) is 10.1. The number of ether oxygens (including phenoxy) is 2. The van der Waals surface area contributed by atoms with Crippen LogP contribution in [0.1, 0.15) is 54.6 Å². The molecule has 8 nitrogen and oxygen atoms in total. The van der Waals surface area contributed by atoms with E-state index in [2.05, 4.69) is 4.72 Å². The number of methoxy groups -OCH3 is 1. The molecule has 2 aliphatic rings. The zero-order valence-electron chi connectivity index (χ0n) is 17.3. The lowest BCUT2D eigenvalue weighted by molar-refractivity contribution is -0.0622. The molecule has 2 atom stereocenters. The van der Waals surface area contributed by atoms with Crippen molar-refractivity contribution in [3.63, 3.8) is 0 Å². The van der Waals surface area contributed by atoms with Gasteiger partial charge >= 0.3 is 0 Å². The number of benzene rings is 2. The van der Waals surface area contributed by atoms with Gasteiger partial charge in [0.2, 0.25) is 0 Å².